The van der Waals surface area contributed by atoms with E-state index in [2.05, 4.69) is 4.98 Å². The Bertz CT molecular complexity index is 457. The second-order valence-electron chi connectivity index (χ2n) is 4.08. The molecular weight excluding hydrogens is 221 g/mol. The summed E-state index contributed by atoms with van der Waals surface area (Å²) in [4.78, 5) is 14.4. The number of halogens is 1. The van der Waals surface area contributed by atoms with Gasteiger partial charge in [0, 0.05) is 17.7 Å². The van der Waals surface area contributed by atoms with Crippen LogP contribution in [0.1, 0.15) is 24.8 Å². The van der Waals surface area contributed by atoms with Crippen molar-refractivity contribution < 1.29 is 13.9 Å². The molecule has 0 saturated carbocycles. The lowest BCUT2D eigenvalue weighted by Crippen LogP contribution is -2.07. The molecule has 3 nitrogen and oxygen atoms in total. The molecule has 90 valence electrons. The predicted octanol–water partition coefficient (Wildman–Crippen LogP) is 2.61. The summed E-state index contributed by atoms with van der Waals surface area (Å²) < 4.78 is 18.8. The maximum absolute atomic E-state index is 13.9. The van der Waals surface area contributed by atoms with Gasteiger partial charge in [0.15, 0.2) is 5.82 Å². The van der Waals surface area contributed by atoms with Crippen molar-refractivity contribution in [2.75, 3.05) is 7.11 Å². The highest BCUT2D eigenvalue weighted by Crippen LogP contribution is 2.32. The fraction of sp³-hybridized carbons (Fsp3) is 0.385. The minimum atomic E-state index is -0.425. The Morgan fingerprint density at radius 1 is 1.59 bits per heavy atom. The second kappa shape index (κ2) is 5.08. The number of hydrogen-bond acceptors (Lipinski definition) is 3. The zero-order valence-electron chi connectivity index (χ0n) is 9.65. The summed E-state index contributed by atoms with van der Waals surface area (Å²) in [6.07, 6.45) is 6.61. The molecule has 1 aliphatic carbocycles. The van der Waals surface area contributed by atoms with Crippen molar-refractivity contribution >= 4 is 11.9 Å². The van der Waals surface area contributed by atoms with E-state index in [1.165, 1.54) is 13.3 Å². The van der Waals surface area contributed by atoms with Crippen LogP contribution in [-0.4, -0.2) is 18.4 Å². The van der Waals surface area contributed by atoms with Crippen LogP contribution in [0.25, 0.3) is 5.57 Å². The summed E-state index contributed by atoms with van der Waals surface area (Å²) in [7, 11) is 1.40. The molecule has 2 rings (SSSR count). The zero-order valence-corrected chi connectivity index (χ0v) is 9.65. The van der Waals surface area contributed by atoms with E-state index in [-0.39, 0.29) is 11.8 Å². The Morgan fingerprint density at radius 3 is 3.00 bits per heavy atom. The van der Waals surface area contributed by atoms with Gasteiger partial charge in [0.1, 0.15) is 6.29 Å². The first kappa shape index (κ1) is 11.8. The number of aldehydes is 1. The number of hydrogen-bond donors (Lipinski definition) is 0. The van der Waals surface area contributed by atoms with Gasteiger partial charge in [-0.05, 0) is 30.9 Å². The molecular formula is C13H14FNO2. The van der Waals surface area contributed by atoms with Gasteiger partial charge in [-0.2, -0.15) is 0 Å². The summed E-state index contributed by atoms with van der Waals surface area (Å²) >= 11 is 0. The first-order valence-electron chi connectivity index (χ1n) is 5.59. The lowest BCUT2D eigenvalue weighted by atomic mass is 9.87. The van der Waals surface area contributed by atoms with E-state index in [4.69, 9.17) is 4.74 Å². The number of ether oxygens (including phenoxy) is 1. The Morgan fingerprint density at radius 2 is 2.41 bits per heavy atom. The Balaban J connectivity index is 2.29. The van der Waals surface area contributed by atoms with Crippen LogP contribution in [0, 0.1) is 11.7 Å². The number of aromatic nitrogens is 1. The van der Waals surface area contributed by atoms with Crippen molar-refractivity contribution in [3.63, 3.8) is 0 Å². The van der Waals surface area contributed by atoms with Crippen molar-refractivity contribution in [2.45, 2.75) is 19.3 Å². The number of nitrogens with zero attached hydrogens (tertiary/aromatic N) is 1. The summed E-state index contributed by atoms with van der Waals surface area (Å²) in [5.41, 5.74) is 1.46. The maximum Gasteiger partial charge on any atom is 0.250 e. The average molecular weight is 235 g/mol. The highest BCUT2D eigenvalue weighted by molar-refractivity contribution is 5.69. The smallest absolute Gasteiger partial charge is 0.250 e. The Hall–Kier alpha value is -1.71. The largest absolute Gasteiger partial charge is 0.479 e. The topological polar surface area (TPSA) is 39.2 Å². The van der Waals surface area contributed by atoms with Crippen molar-refractivity contribution in [1.29, 1.82) is 0 Å². The molecule has 0 radical (unpaired) electrons. The molecule has 0 aliphatic heterocycles. The van der Waals surface area contributed by atoms with Gasteiger partial charge >= 0.3 is 0 Å². The molecule has 0 N–H and O–H groups in total. The zero-order chi connectivity index (χ0) is 12.3. The van der Waals surface area contributed by atoms with Crippen molar-refractivity contribution in [2.24, 2.45) is 5.92 Å². The normalized spacial score (nSPS) is 19.6. The van der Waals surface area contributed by atoms with Crippen LogP contribution in [0.4, 0.5) is 4.39 Å². The predicted molar refractivity (Wildman–Crippen MR) is 62.1 cm³/mol. The second-order valence-corrected chi connectivity index (χ2v) is 4.08. The number of carbonyl (C=O) groups is 1. The number of carbonyl (C=O) groups excluding carboxylic acids is 1. The van der Waals surface area contributed by atoms with E-state index >= 15 is 0 Å². The van der Waals surface area contributed by atoms with Gasteiger partial charge in [-0.15, -0.1) is 0 Å². The molecule has 0 saturated heterocycles. The fourth-order valence-electron chi connectivity index (χ4n) is 2.04. The first-order chi connectivity index (χ1) is 8.26. The van der Waals surface area contributed by atoms with Crippen molar-refractivity contribution in [1.82, 2.24) is 4.98 Å². The molecule has 1 unspecified atom stereocenters. The summed E-state index contributed by atoms with van der Waals surface area (Å²) in [5, 5.41) is 0. The van der Waals surface area contributed by atoms with Gasteiger partial charge in [-0.25, -0.2) is 9.37 Å². The molecule has 0 bridgehead atoms. The molecule has 1 aromatic rings. The van der Waals surface area contributed by atoms with Gasteiger partial charge in [0.2, 0.25) is 0 Å². The molecule has 1 aliphatic rings. The molecule has 1 heterocycles. The molecule has 4 heteroatoms. The number of rotatable bonds is 3. The first-order valence-corrected chi connectivity index (χ1v) is 5.59. The third-order valence-electron chi connectivity index (χ3n) is 3.04. The van der Waals surface area contributed by atoms with Gasteiger partial charge in [0.05, 0.1) is 7.11 Å². The van der Waals surface area contributed by atoms with E-state index in [1.807, 2.05) is 6.08 Å². The quantitative estimate of drug-likeness (QED) is 0.756. The van der Waals surface area contributed by atoms with Gasteiger partial charge < -0.3 is 9.53 Å². The Kier molecular flexibility index (Phi) is 3.52. The van der Waals surface area contributed by atoms with E-state index < -0.39 is 5.82 Å². The highest BCUT2D eigenvalue weighted by atomic mass is 19.1. The monoisotopic (exact) mass is 235 g/mol. The number of methoxy groups -OCH3 is 1. The van der Waals surface area contributed by atoms with Crippen LogP contribution < -0.4 is 4.74 Å². The summed E-state index contributed by atoms with van der Waals surface area (Å²) in [6.45, 7) is 0. The van der Waals surface area contributed by atoms with Gasteiger partial charge in [-0.3, -0.25) is 0 Å². The minimum Gasteiger partial charge on any atom is -0.479 e. The van der Waals surface area contributed by atoms with E-state index in [0.717, 1.165) is 18.3 Å². The van der Waals surface area contributed by atoms with Crippen LogP contribution in [0.5, 0.6) is 5.88 Å². The third kappa shape index (κ3) is 2.35. The van der Waals surface area contributed by atoms with Crippen LogP contribution in [0.15, 0.2) is 18.3 Å². The lowest BCUT2D eigenvalue weighted by Gasteiger charge is -2.18. The van der Waals surface area contributed by atoms with Crippen LogP contribution >= 0.6 is 0 Å². The van der Waals surface area contributed by atoms with Crippen LogP contribution in [0.2, 0.25) is 0 Å². The number of pyridine rings is 1. The van der Waals surface area contributed by atoms with Crippen LogP contribution in [0.3, 0.4) is 0 Å². The third-order valence-corrected chi connectivity index (χ3v) is 3.04. The van der Waals surface area contributed by atoms with E-state index in [0.29, 0.717) is 18.4 Å². The highest BCUT2D eigenvalue weighted by Gasteiger charge is 2.18. The lowest BCUT2D eigenvalue weighted by molar-refractivity contribution is -0.111. The Labute approximate surface area is 99.3 Å². The molecule has 0 fully saturated rings. The standard InChI is InChI=1S/C13H14FNO2/c1-17-13-12(14)11(6-7-15-13)10-4-2-9(8-16)3-5-10/h4,6-9H,2-3,5H2,1H3. The fourth-order valence-corrected chi connectivity index (χ4v) is 2.04. The van der Waals surface area contributed by atoms with Crippen molar-refractivity contribution in [3.05, 3.63) is 29.7 Å². The molecule has 1 aromatic heterocycles. The van der Waals surface area contributed by atoms with Crippen molar-refractivity contribution in [3.8, 4) is 5.88 Å². The molecule has 17 heavy (non-hydrogen) atoms. The van der Waals surface area contributed by atoms with Gasteiger partial charge in [-0.1, -0.05) is 6.08 Å². The maximum atomic E-state index is 13.9. The van der Waals surface area contributed by atoms with E-state index in [9.17, 15) is 9.18 Å². The van der Waals surface area contributed by atoms with Gasteiger partial charge in [0.25, 0.3) is 5.88 Å². The summed E-state index contributed by atoms with van der Waals surface area (Å²) in [6, 6.07) is 1.64. The minimum absolute atomic E-state index is 0.0147. The molecule has 1 atom stereocenters. The number of allylic oxidation sites excluding steroid dienone is 2. The average Bonchev–Trinajstić information content (AvgIpc) is 2.39. The SMILES string of the molecule is COc1nccc(C2=CCC(C=O)CC2)c1F. The molecule has 0 aromatic carbocycles. The van der Waals surface area contributed by atoms with E-state index in [1.54, 1.807) is 6.07 Å². The molecule has 0 spiro atoms. The summed E-state index contributed by atoms with van der Waals surface area (Å²) in [5.74, 6) is -0.336. The molecule has 0 amide bonds. The van der Waals surface area contributed by atoms with Crippen LogP contribution in [-0.2, 0) is 4.79 Å².